The summed E-state index contributed by atoms with van der Waals surface area (Å²) in [5.41, 5.74) is -0.401. The Morgan fingerprint density at radius 2 is 1.86 bits per heavy atom. The van der Waals surface area contributed by atoms with Gasteiger partial charge in [-0.2, -0.15) is 0 Å². The van der Waals surface area contributed by atoms with Crippen molar-refractivity contribution in [2.75, 3.05) is 0 Å². The Balaban J connectivity index is 2.79. The highest BCUT2D eigenvalue weighted by molar-refractivity contribution is 6.70. The summed E-state index contributed by atoms with van der Waals surface area (Å²) in [7, 11) is 0. The molecule has 0 aliphatic heterocycles. The zero-order chi connectivity index (χ0) is 11.3. The lowest BCUT2D eigenvalue weighted by molar-refractivity contribution is -0.139. The number of carboxylic acid groups (broad SMARTS) is 1. The molecule has 1 unspecified atom stereocenters. The molecule has 14 heavy (non-hydrogen) atoms. The van der Waals surface area contributed by atoms with Crippen LogP contribution in [0.5, 0.6) is 0 Å². The molecule has 0 amide bonds. The molecular formula is C8H10Cl4O2. The van der Waals surface area contributed by atoms with E-state index in [1.165, 1.54) is 0 Å². The summed E-state index contributed by atoms with van der Waals surface area (Å²) in [4.78, 5) is 10.8. The number of carbonyl (C=O) groups is 1. The highest BCUT2D eigenvalue weighted by Gasteiger charge is 2.67. The van der Waals surface area contributed by atoms with Crippen molar-refractivity contribution in [2.45, 2.75) is 23.0 Å². The summed E-state index contributed by atoms with van der Waals surface area (Å²) in [6.07, 6.45) is 0. The maximum Gasteiger partial charge on any atom is 0.307 e. The fourth-order valence-corrected chi connectivity index (χ4v) is 2.78. The van der Waals surface area contributed by atoms with Gasteiger partial charge in [0.2, 0.25) is 3.79 Å². The van der Waals surface area contributed by atoms with Gasteiger partial charge >= 0.3 is 5.97 Å². The van der Waals surface area contributed by atoms with Crippen LogP contribution in [0.2, 0.25) is 0 Å². The Labute approximate surface area is 102 Å². The molecule has 0 saturated heterocycles. The molecule has 3 atom stereocenters. The van der Waals surface area contributed by atoms with E-state index >= 15 is 0 Å². The molecule has 0 aromatic rings. The van der Waals surface area contributed by atoms with Gasteiger partial charge in [0.05, 0.1) is 11.3 Å². The van der Waals surface area contributed by atoms with Gasteiger partial charge < -0.3 is 5.11 Å². The fourth-order valence-electron chi connectivity index (χ4n) is 1.90. The molecule has 1 aliphatic carbocycles. The van der Waals surface area contributed by atoms with Crippen molar-refractivity contribution in [3.63, 3.8) is 0 Å². The van der Waals surface area contributed by atoms with Crippen LogP contribution >= 0.6 is 46.4 Å². The number of alkyl halides is 4. The third kappa shape index (κ3) is 2.08. The van der Waals surface area contributed by atoms with Gasteiger partial charge in [-0.1, -0.05) is 48.7 Å². The minimum absolute atomic E-state index is 0.297. The first kappa shape index (κ1) is 12.7. The molecule has 1 aliphatic rings. The second kappa shape index (κ2) is 3.58. The van der Waals surface area contributed by atoms with Gasteiger partial charge in [-0.15, -0.1) is 11.6 Å². The highest BCUT2D eigenvalue weighted by atomic mass is 35.6. The predicted octanol–water partition coefficient (Wildman–Crippen LogP) is 3.32. The maximum atomic E-state index is 10.8. The first-order valence-electron chi connectivity index (χ1n) is 4.03. The van der Waals surface area contributed by atoms with Gasteiger partial charge in [-0.25, -0.2) is 0 Å². The van der Waals surface area contributed by atoms with Crippen LogP contribution in [0, 0.1) is 17.3 Å². The Morgan fingerprint density at radius 3 is 2.07 bits per heavy atom. The molecule has 1 rings (SSSR count). The Bertz CT molecular complexity index is 259. The van der Waals surface area contributed by atoms with Crippen LogP contribution in [0.1, 0.15) is 13.8 Å². The second-order valence-corrected chi connectivity index (χ2v) is 6.95. The van der Waals surface area contributed by atoms with Crippen LogP contribution in [0.25, 0.3) is 0 Å². The average Bonchev–Trinajstić information content (AvgIpc) is 2.49. The van der Waals surface area contributed by atoms with Crippen molar-refractivity contribution in [2.24, 2.45) is 17.3 Å². The lowest BCUT2D eigenvalue weighted by Gasteiger charge is -2.18. The second-order valence-electron chi connectivity index (χ2n) is 4.11. The highest BCUT2D eigenvalue weighted by Crippen LogP contribution is 2.64. The third-order valence-corrected chi connectivity index (χ3v) is 4.44. The van der Waals surface area contributed by atoms with Crippen LogP contribution < -0.4 is 0 Å². The molecular weight excluding hydrogens is 270 g/mol. The molecule has 82 valence electrons. The zero-order valence-corrected chi connectivity index (χ0v) is 10.6. The minimum Gasteiger partial charge on any atom is -0.481 e. The number of aliphatic carboxylic acids is 1. The van der Waals surface area contributed by atoms with Crippen molar-refractivity contribution >= 4 is 52.4 Å². The fraction of sp³-hybridized carbons (Fsp3) is 0.875. The van der Waals surface area contributed by atoms with Gasteiger partial charge in [0, 0.05) is 0 Å². The standard InChI is InChI=1S/C8H10Cl4O2/c1-7(2)3(4(7)6(13)14)5(9)8(10,11)12/h3-5H,1-2H3,(H,13,14)/t3-,4-,5?/m0/s1. The Kier molecular flexibility index (Phi) is 3.25. The van der Waals surface area contributed by atoms with E-state index in [2.05, 4.69) is 0 Å². The molecule has 0 heterocycles. The van der Waals surface area contributed by atoms with Crippen LogP contribution in [-0.4, -0.2) is 20.2 Å². The molecule has 2 nitrogen and oxygen atoms in total. The molecule has 1 fully saturated rings. The van der Waals surface area contributed by atoms with Gasteiger partial charge in [-0.3, -0.25) is 4.79 Å². The van der Waals surface area contributed by atoms with Crippen molar-refractivity contribution < 1.29 is 9.90 Å². The first-order valence-corrected chi connectivity index (χ1v) is 5.60. The van der Waals surface area contributed by atoms with E-state index in [-0.39, 0.29) is 5.92 Å². The lowest BCUT2D eigenvalue weighted by atomic mass is 10.1. The number of rotatable bonds is 2. The predicted molar refractivity (Wildman–Crippen MR) is 58.3 cm³/mol. The molecule has 0 aromatic carbocycles. The van der Waals surface area contributed by atoms with Crippen molar-refractivity contribution in [1.82, 2.24) is 0 Å². The zero-order valence-electron chi connectivity index (χ0n) is 7.60. The van der Waals surface area contributed by atoms with Gasteiger partial charge in [0.15, 0.2) is 0 Å². The van der Waals surface area contributed by atoms with Crippen molar-refractivity contribution in [3.8, 4) is 0 Å². The average molecular weight is 280 g/mol. The normalized spacial score (nSPS) is 32.4. The van der Waals surface area contributed by atoms with E-state index in [4.69, 9.17) is 51.5 Å². The Hall–Kier alpha value is 0.630. The number of hydrogen-bond donors (Lipinski definition) is 1. The van der Waals surface area contributed by atoms with Crippen LogP contribution in [0.15, 0.2) is 0 Å². The van der Waals surface area contributed by atoms with E-state index in [1.807, 2.05) is 13.8 Å². The molecule has 1 N–H and O–H groups in total. The number of halogens is 4. The summed E-state index contributed by atoms with van der Waals surface area (Å²) in [6, 6.07) is 0. The third-order valence-electron chi connectivity index (χ3n) is 2.80. The monoisotopic (exact) mass is 278 g/mol. The van der Waals surface area contributed by atoms with Gasteiger partial charge in [-0.05, 0) is 11.3 Å². The molecule has 0 spiro atoms. The maximum absolute atomic E-state index is 10.8. The van der Waals surface area contributed by atoms with E-state index < -0.39 is 26.5 Å². The molecule has 0 bridgehead atoms. The summed E-state index contributed by atoms with van der Waals surface area (Å²) in [5, 5.41) is 8.11. The quantitative estimate of drug-likeness (QED) is 0.788. The van der Waals surface area contributed by atoms with E-state index in [9.17, 15) is 4.79 Å². The molecule has 0 radical (unpaired) electrons. The summed E-state index contributed by atoms with van der Waals surface area (Å²) >= 11 is 22.8. The summed E-state index contributed by atoms with van der Waals surface area (Å²) in [5.74, 6) is -1.71. The largest absolute Gasteiger partial charge is 0.481 e. The summed E-state index contributed by atoms with van der Waals surface area (Å²) < 4.78 is -1.62. The van der Waals surface area contributed by atoms with Gasteiger partial charge in [0.1, 0.15) is 0 Å². The van der Waals surface area contributed by atoms with Gasteiger partial charge in [0.25, 0.3) is 0 Å². The molecule has 6 heteroatoms. The van der Waals surface area contributed by atoms with E-state index in [1.54, 1.807) is 0 Å². The van der Waals surface area contributed by atoms with E-state index in [0.717, 1.165) is 0 Å². The topological polar surface area (TPSA) is 37.3 Å². The smallest absolute Gasteiger partial charge is 0.307 e. The minimum atomic E-state index is -1.62. The van der Waals surface area contributed by atoms with Crippen molar-refractivity contribution in [1.29, 1.82) is 0 Å². The molecule has 1 saturated carbocycles. The summed E-state index contributed by atoms with van der Waals surface area (Å²) in [6.45, 7) is 3.62. The van der Waals surface area contributed by atoms with Crippen LogP contribution in [-0.2, 0) is 4.79 Å². The first-order chi connectivity index (χ1) is 6.10. The lowest BCUT2D eigenvalue weighted by Crippen LogP contribution is -2.24. The number of hydrogen-bond acceptors (Lipinski definition) is 1. The SMILES string of the molecule is CC1(C)[C@H](C(=O)O)[C@H]1C(Cl)C(Cl)(Cl)Cl. The van der Waals surface area contributed by atoms with Crippen LogP contribution in [0.3, 0.4) is 0 Å². The van der Waals surface area contributed by atoms with E-state index in [0.29, 0.717) is 0 Å². The Morgan fingerprint density at radius 1 is 1.43 bits per heavy atom. The number of carboxylic acids is 1. The van der Waals surface area contributed by atoms with Crippen LogP contribution in [0.4, 0.5) is 0 Å². The molecule has 0 aromatic heterocycles. The van der Waals surface area contributed by atoms with Crippen molar-refractivity contribution in [3.05, 3.63) is 0 Å².